The van der Waals surface area contributed by atoms with Crippen molar-refractivity contribution in [1.29, 1.82) is 0 Å². The van der Waals surface area contributed by atoms with Crippen LogP contribution in [0.15, 0.2) is 24.3 Å². The molecule has 0 radical (unpaired) electrons. The Hall–Kier alpha value is -2.55. The van der Waals surface area contributed by atoms with Gasteiger partial charge in [-0.25, -0.2) is 4.98 Å². The number of alkyl halides is 3. The second-order valence-electron chi connectivity index (χ2n) is 8.13. The highest BCUT2D eigenvalue weighted by atomic mass is 19.4. The van der Waals surface area contributed by atoms with Gasteiger partial charge in [0.2, 0.25) is 5.95 Å². The molecule has 1 saturated carbocycles. The van der Waals surface area contributed by atoms with Gasteiger partial charge in [0.1, 0.15) is 11.6 Å². The largest absolute Gasteiger partial charge is 0.573 e. The number of ether oxygens (including phenoxy) is 1. The zero-order chi connectivity index (χ0) is 21.3. The molecule has 1 N–H and O–H groups in total. The molecule has 0 unspecified atom stereocenters. The highest BCUT2D eigenvalue weighted by Gasteiger charge is 2.32. The smallest absolute Gasteiger partial charge is 0.406 e. The van der Waals surface area contributed by atoms with E-state index in [0.29, 0.717) is 31.4 Å². The Bertz CT molecular complexity index is 899. The molecule has 4 rings (SSSR count). The Morgan fingerprint density at radius 2 is 1.97 bits per heavy atom. The maximum Gasteiger partial charge on any atom is 0.573 e. The van der Waals surface area contributed by atoms with E-state index in [4.69, 9.17) is 4.98 Å². The van der Waals surface area contributed by atoms with Crippen LogP contribution in [0.2, 0.25) is 0 Å². The first-order chi connectivity index (χ1) is 14.3. The second-order valence-corrected chi connectivity index (χ2v) is 8.13. The van der Waals surface area contributed by atoms with Crippen molar-refractivity contribution in [2.75, 3.05) is 43.9 Å². The zero-order valence-corrected chi connectivity index (χ0v) is 17.2. The quantitative estimate of drug-likeness (QED) is 0.734. The minimum atomic E-state index is -4.68. The monoisotopic (exact) mass is 421 g/mol. The number of rotatable bonds is 7. The first-order valence-corrected chi connectivity index (χ1v) is 10.2. The zero-order valence-electron chi connectivity index (χ0n) is 17.2. The minimum Gasteiger partial charge on any atom is -0.406 e. The van der Waals surface area contributed by atoms with Crippen molar-refractivity contribution in [1.82, 2.24) is 14.9 Å². The number of aromatic nitrogens is 2. The number of halogens is 3. The van der Waals surface area contributed by atoms with Crippen LogP contribution >= 0.6 is 0 Å². The van der Waals surface area contributed by atoms with E-state index in [1.165, 1.54) is 12.1 Å². The van der Waals surface area contributed by atoms with Gasteiger partial charge in [0, 0.05) is 38.2 Å². The predicted molar refractivity (Wildman–Crippen MR) is 109 cm³/mol. The third kappa shape index (κ3) is 5.33. The third-order valence-corrected chi connectivity index (χ3v) is 5.32. The lowest BCUT2D eigenvalue weighted by molar-refractivity contribution is -0.274. The minimum absolute atomic E-state index is 0.167. The molecule has 162 valence electrons. The molecule has 1 aromatic heterocycles. The van der Waals surface area contributed by atoms with Crippen molar-refractivity contribution in [3.8, 4) is 5.75 Å². The highest BCUT2D eigenvalue weighted by Crippen LogP contribution is 2.40. The molecule has 0 spiro atoms. The van der Waals surface area contributed by atoms with Crippen molar-refractivity contribution < 1.29 is 17.9 Å². The third-order valence-electron chi connectivity index (χ3n) is 5.32. The Kier molecular flexibility index (Phi) is 5.73. The molecule has 2 aromatic rings. The molecule has 1 aliphatic heterocycles. The second kappa shape index (κ2) is 8.29. The lowest BCUT2D eigenvalue weighted by Crippen LogP contribution is -2.31. The maximum absolute atomic E-state index is 12.5. The van der Waals surface area contributed by atoms with Crippen molar-refractivity contribution in [3.05, 3.63) is 41.1 Å². The summed E-state index contributed by atoms with van der Waals surface area (Å²) in [5.74, 6) is 1.83. The predicted octanol–water partition coefficient (Wildman–Crippen LogP) is 3.79. The fraction of sp³-hybridized carbons (Fsp3) is 0.524. The lowest BCUT2D eigenvalue weighted by atomic mass is 9.99. The van der Waals surface area contributed by atoms with E-state index in [-0.39, 0.29) is 5.75 Å². The summed E-state index contributed by atoms with van der Waals surface area (Å²) in [5.41, 5.74) is 2.94. The van der Waals surface area contributed by atoms with Crippen molar-refractivity contribution in [3.63, 3.8) is 0 Å². The fourth-order valence-electron chi connectivity index (χ4n) is 3.60. The van der Waals surface area contributed by atoms with Gasteiger partial charge in [-0.2, -0.15) is 4.98 Å². The Labute approximate surface area is 174 Å². The van der Waals surface area contributed by atoms with Gasteiger partial charge in [-0.1, -0.05) is 6.07 Å². The molecule has 30 heavy (non-hydrogen) atoms. The number of hydrogen-bond acceptors (Lipinski definition) is 6. The number of nitrogens with one attached hydrogen (secondary N) is 1. The summed E-state index contributed by atoms with van der Waals surface area (Å²) >= 11 is 0. The van der Waals surface area contributed by atoms with Crippen LogP contribution in [0.25, 0.3) is 0 Å². The summed E-state index contributed by atoms with van der Waals surface area (Å²) in [6.07, 6.45) is -1.74. The van der Waals surface area contributed by atoms with Gasteiger partial charge in [-0.3, -0.25) is 0 Å². The molecule has 0 bridgehead atoms. The average Bonchev–Trinajstić information content (AvgIpc) is 3.51. The molecular formula is C21H26F3N5O. The van der Waals surface area contributed by atoms with Gasteiger partial charge >= 0.3 is 6.36 Å². The van der Waals surface area contributed by atoms with Crippen LogP contribution in [0.3, 0.4) is 0 Å². The van der Waals surface area contributed by atoms with Gasteiger partial charge in [0.05, 0.1) is 5.69 Å². The van der Waals surface area contributed by atoms with Gasteiger partial charge in [-0.15, -0.1) is 13.2 Å². The standard InChI is InChI=1S/C21H26F3N5O/c1-28(2)10-8-25-20-26-18(14-3-4-14)12-19(27-20)29-9-7-15-11-17(30-21(22,23)24)6-5-16(15)13-29/h5-6,11-12,14H,3-4,7-10,13H2,1-2H3,(H,25,26,27). The Morgan fingerprint density at radius 1 is 1.17 bits per heavy atom. The summed E-state index contributed by atoms with van der Waals surface area (Å²) in [7, 11) is 4.04. The Morgan fingerprint density at radius 3 is 2.67 bits per heavy atom. The fourth-order valence-corrected chi connectivity index (χ4v) is 3.60. The van der Waals surface area contributed by atoms with E-state index in [1.807, 2.05) is 14.1 Å². The van der Waals surface area contributed by atoms with E-state index in [0.717, 1.165) is 48.6 Å². The summed E-state index contributed by atoms with van der Waals surface area (Å²) in [6, 6.07) is 6.63. The molecule has 0 atom stereocenters. The number of benzene rings is 1. The van der Waals surface area contributed by atoms with Crippen LogP contribution in [0.5, 0.6) is 5.75 Å². The summed E-state index contributed by atoms with van der Waals surface area (Å²) in [4.78, 5) is 13.7. The van der Waals surface area contributed by atoms with Crippen molar-refractivity contribution in [2.24, 2.45) is 0 Å². The lowest BCUT2D eigenvalue weighted by Gasteiger charge is -2.30. The van der Waals surface area contributed by atoms with E-state index >= 15 is 0 Å². The van der Waals surface area contributed by atoms with Gasteiger partial charge in [0.15, 0.2) is 0 Å². The van der Waals surface area contributed by atoms with Gasteiger partial charge in [-0.05, 0) is 56.6 Å². The van der Waals surface area contributed by atoms with Gasteiger partial charge < -0.3 is 19.9 Å². The first-order valence-electron chi connectivity index (χ1n) is 10.2. The average molecular weight is 421 g/mol. The molecule has 2 heterocycles. The molecule has 2 aliphatic rings. The molecule has 1 aromatic carbocycles. The summed E-state index contributed by atoms with van der Waals surface area (Å²) in [6.45, 7) is 2.91. The molecule has 0 saturated heterocycles. The van der Waals surface area contributed by atoms with Crippen LogP contribution in [0.4, 0.5) is 24.9 Å². The number of anilines is 2. The van der Waals surface area contributed by atoms with Gasteiger partial charge in [0.25, 0.3) is 0 Å². The normalized spacial score (nSPS) is 16.5. The maximum atomic E-state index is 12.5. The summed E-state index contributed by atoms with van der Waals surface area (Å²) in [5, 5.41) is 3.31. The topological polar surface area (TPSA) is 53.5 Å². The van der Waals surface area contributed by atoms with E-state index < -0.39 is 6.36 Å². The summed E-state index contributed by atoms with van der Waals surface area (Å²) < 4.78 is 41.5. The van der Waals surface area contributed by atoms with Crippen molar-refractivity contribution in [2.45, 2.75) is 38.1 Å². The van der Waals surface area contributed by atoms with E-state index in [9.17, 15) is 13.2 Å². The van der Waals surface area contributed by atoms with E-state index in [2.05, 4.69) is 30.9 Å². The molecule has 9 heteroatoms. The number of nitrogens with zero attached hydrogens (tertiary/aromatic N) is 4. The molecule has 1 aliphatic carbocycles. The van der Waals surface area contributed by atoms with Crippen LogP contribution in [0, 0.1) is 0 Å². The number of hydrogen-bond donors (Lipinski definition) is 1. The molecule has 6 nitrogen and oxygen atoms in total. The highest BCUT2D eigenvalue weighted by molar-refractivity contribution is 5.50. The van der Waals surface area contributed by atoms with Crippen LogP contribution in [-0.2, 0) is 13.0 Å². The number of fused-ring (bicyclic) bond motifs is 1. The molecule has 0 amide bonds. The van der Waals surface area contributed by atoms with Crippen LogP contribution in [-0.4, -0.2) is 55.0 Å². The first kappa shape index (κ1) is 20.7. The van der Waals surface area contributed by atoms with Crippen molar-refractivity contribution >= 4 is 11.8 Å². The molecule has 1 fully saturated rings. The van der Waals surface area contributed by atoms with Crippen LogP contribution < -0.4 is 15.0 Å². The Balaban J connectivity index is 1.51. The van der Waals surface area contributed by atoms with E-state index in [1.54, 1.807) is 6.07 Å². The van der Waals surface area contributed by atoms with Crippen LogP contribution in [0.1, 0.15) is 35.6 Å². The SMILES string of the molecule is CN(C)CCNc1nc(C2CC2)cc(N2CCc3cc(OC(F)(F)F)ccc3C2)n1. The number of likely N-dealkylation sites (N-methyl/N-ethyl adjacent to an activating group) is 1. The molecular weight excluding hydrogens is 395 g/mol.